The molecular formula is C46H57ClFN7O3. The number of anilines is 4. The Hall–Kier alpha value is -4.35. The van der Waals surface area contributed by atoms with Crippen molar-refractivity contribution in [2.45, 2.75) is 89.8 Å². The van der Waals surface area contributed by atoms with Gasteiger partial charge >= 0.3 is 0 Å². The van der Waals surface area contributed by atoms with Gasteiger partial charge in [0.2, 0.25) is 11.8 Å². The minimum atomic E-state index is -0.394. The number of amides is 3. The molecule has 5 saturated heterocycles. The van der Waals surface area contributed by atoms with Crippen LogP contribution in [0.15, 0.2) is 60.7 Å². The van der Waals surface area contributed by atoms with E-state index in [-0.39, 0.29) is 29.0 Å². The third kappa shape index (κ3) is 7.76. The Morgan fingerprint density at radius 3 is 2.28 bits per heavy atom. The molecule has 1 aliphatic carbocycles. The van der Waals surface area contributed by atoms with Gasteiger partial charge in [-0.25, -0.2) is 4.39 Å². The number of piperidine rings is 3. The van der Waals surface area contributed by atoms with Crippen molar-refractivity contribution >= 4 is 52.1 Å². The number of hydrogen-bond donors (Lipinski definition) is 2. The highest BCUT2D eigenvalue weighted by atomic mass is 35.5. The predicted molar refractivity (Wildman–Crippen MR) is 229 cm³/mol. The molecule has 5 heterocycles. The van der Waals surface area contributed by atoms with Crippen LogP contribution in [0.4, 0.5) is 27.1 Å². The monoisotopic (exact) mass is 809 g/mol. The van der Waals surface area contributed by atoms with E-state index in [1.54, 1.807) is 0 Å². The van der Waals surface area contributed by atoms with Crippen LogP contribution in [0.3, 0.4) is 0 Å². The van der Waals surface area contributed by atoms with E-state index in [0.29, 0.717) is 41.6 Å². The first kappa shape index (κ1) is 39.1. The molecule has 3 aromatic carbocycles. The summed E-state index contributed by atoms with van der Waals surface area (Å²) in [7, 11) is 0. The number of likely N-dealkylation sites (tertiary alicyclic amines) is 1. The summed E-state index contributed by atoms with van der Waals surface area (Å²) in [6.45, 7) is 12.3. The first-order valence-electron chi connectivity index (χ1n) is 21.5. The van der Waals surface area contributed by atoms with Crippen LogP contribution < -0.4 is 25.3 Å². The normalized spacial score (nSPS) is 25.0. The summed E-state index contributed by atoms with van der Waals surface area (Å²) in [6.07, 6.45) is 8.39. The van der Waals surface area contributed by atoms with Gasteiger partial charge in [-0.15, -0.1) is 0 Å². The zero-order chi connectivity index (χ0) is 40.2. The van der Waals surface area contributed by atoms with Crippen molar-refractivity contribution < 1.29 is 18.8 Å². The fourth-order valence-electron chi connectivity index (χ4n) is 11.0. The Balaban J connectivity index is 0.721. The first-order chi connectivity index (χ1) is 28.0. The van der Waals surface area contributed by atoms with E-state index in [9.17, 15) is 14.4 Å². The number of hydrogen-bond acceptors (Lipinski definition) is 8. The molecule has 2 N–H and O–H groups in total. The quantitative estimate of drug-likeness (QED) is 0.245. The Morgan fingerprint density at radius 2 is 1.57 bits per heavy atom. The summed E-state index contributed by atoms with van der Waals surface area (Å²) in [6, 6.07) is 20.3. The van der Waals surface area contributed by atoms with E-state index in [1.165, 1.54) is 24.6 Å². The maximum absolute atomic E-state index is 15.7. The molecule has 5 aliphatic heterocycles. The molecule has 3 aromatic rings. The van der Waals surface area contributed by atoms with Gasteiger partial charge in [0, 0.05) is 105 Å². The Morgan fingerprint density at radius 1 is 0.828 bits per heavy atom. The van der Waals surface area contributed by atoms with Crippen molar-refractivity contribution in [2.24, 2.45) is 10.8 Å². The fourth-order valence-corrected chi connectivity index (χ4v) is 11.2. The van der Waals surface area contributed by atoms with Crippen LogP contribution in [0, 0.1) is 23.6 Å². The summed E-state index contributed by atoms with van der Waals surface area (Å²) in [5.41, 5.74) is 5.89. The van der Waals surface area contributed by atoms with Crippen molar-refractivity contribution in [1.82, 2.24) is 15.1 Å². The molecule has 10 nitrogen and oxygen atoms in total. The van der Waals surface area contributed by atoms with Crippen LogP contribution in [-0.4, -0.2) is 105 Å². The molecule has 2 spiro atoms. The van der Waals surface area contributed by atoms with Crippen molar-refractivity contribution in [3.05, 3.63) is 82.6 Å². The molecule has 0 aromatic heterocycles. The lowest BCUT2D eigenvalue weighted by atomic mass is 9.60. The van der Waals surface area contributed by atoms with Crippen LogP contribution in [0.5, 0.6) is 0 Å². The van der Waals surface area contributed by atoms with E-state index in [1.807, 2.05) is 36.1 Å². The molecule has 2 atom stereocenters. The molecule has 9 rings (SSSR count). The summed E-state index contributed by atoms with van der Waals surface area (Å²) in [5, 5.41) is 6.54. The fraction of sp³-hybridized carbons (Fsp3) is 0.543. The molecule has 308 valence electrons. The molecule has 58 heavy (non-hydrogen) atoms. The lowest BCUT2D eigenvalue weighted by molar-refractivity contribution is -0.133. The van der Waals surface area contributed by atoms with Gasteiger partial charge in [0.1, 0.15) is 11.9 Å². The number of halogens is 2. The Labute approximate surface area is 347 Å². The van der Waals surface area contributed by atoms with Crippen LogP contribution in [0.25, 0.3) is 0 Å². The summed E-state index contributed by atoms with van der Waals surface area (Å²) in [5.74, 6) is -0.825. The Kier molecular flexibility index (Phi) is 10.6. The van der Waals surface area contributed by atoms with E-state index in [2.05, 4.69) is 67.5 Å². The third-order valence-corrected chi connectivity index (χ3v) is 15.1. The maximum Gasteiger partial charge on any atom is 0.253 e. The number of carbonyl (C=O) groups excluding carboxylic acids is 3. The highest BCUT2D eigenvalue weighted by Crippen LogP contribution is 2.51. The molecular weight excluding hydrogens is 753 g/mol. The van der Waals surface area contributed by atoms with Crippen molar-refractivity contribution in [2.75, 3.05) is 78.9 Å². The lowest BCUT2D eigenvalue weighted by Crippen LogP contribution is -2.59. The first-order valence-corrected chi connectivity index (χ1v) is 21.9. The number of benzene rings is 3. The van der Waals surface area contributed by atoms with Gasteiger partial charge in [0.25, 0.3) is 5.91 Å². The number of aryl methyl sites for hydroxylation is 1. The molecule has 6 fully saturated rings. The smallest absolute Gasteiger partial charge is 0.253 e. The van der Waals surface area contributed by atoms with E-state index >= 15 is 4.39 Å². The zero-order valence-electron chi connectivity index (χ0n) is 34.0. The number of piperazine rings is 1. The van der Waals surface area contributed by atoms with Crippen LogP contribution in [-0.2, 0) is 9.59 Å². The SMILES string of the molecule is Cc1ccc(N2CC3(CCN(c4ccc(C(=O)N5CCC6(CC5)CC(N5CCN(c7cccc(NC8CCC(=O)NC8=O)c7)CC5)C6)cc4F)CC3)C[C@@H]2C)cc1Cl. The number of nitrogens with one attached hydrogen (secondary N) is 2. The average molecular weight is 810 g/mol. The second-order valence-corrected chi connectivity index (χ2v) is 18.8. The van der Waals surface area contributed by atoms with Crippen molar-refractivity contribution in [3.8, 4) is 0 Å². The van der Waals surface area contributed by atoms with E-state index in [0.717, 1.165) is 113 Å². The lowest BCUT2D eigenvalue weighted by Gasteiger charge is -2.56. The highest BCUT2D eigenvalue weighted by molar-refractivity contribution is 6.31. The summed E-state index contributed by atoms with van der Waals surface area (Å²) in [4.78, 5) is 49.1. The van der Waals surface area contributed by atoms with Gasteiger partial charge in [-0.05, 0) is 130 Å². The van der Waals surface area contributed by atoms with Gasteiger partial charge in [0.05, 0.1) is 5.69 Å². The van der Waals surface area contributed by atoms with Crippen LogP contribution in [0.2, 0.25) is 5.02 Å². The third-order valence-electron chi connectivity index (χ3n) is 14.7. The molecule has 1 unspecified atom stereocenters. The van der Waals surface area contributed by atoms with Crippen molar-refractivity contribution in [3.63, 3.8) is 0 Å². The second-order valence-electron chi connectivity index (χ2n) is 18.3. The van der Waals surface area contributed by atoms with Gasteiger partial charge in [-0.1, -0.05) is 23.7 Å². The number of imide groups is 1. The number of nitrogens with zero attached hydrogens (tertiary/aromatic N) is 5. The number of carbonyl (C=O) groups is 3. The minimum Gasteiger partial charge on any atom is -0.374 e. The predicted octanol–water partition coefficient (Wildman–Crippen LogP) is 7.10. The molecule has 3 amide bonds. The Bertz CT molecular complexity index is 2050. The minimum absolute atomic E-state index is 0.0579. The molecule has 0 radical (unpaired) electrons. The number of rotatable bonds is 7. The van der Waals surface area contributed by atoms with E-state index in [4.69, 9.17) is 11.6 Å². The van der Waals surface area contributed by atoms with Gasteiger partial charge in [0.15, 0.2) is 0 Å². The maximum atomic E-state index is 15.7. The molecule has 12 heteroatoms. The molecule has 0 bridgehead atoms. The largest absolute Gasteiger partial charge is 0.374 e. The second kappa shape index (κ2) is 15.7. The van der Waals surface area contributed by atoms with Gasteiger partial charge in [-0.2, -0.15) is 0 Å². The highest BCUT2D eigenvalue weighted by Gasteiger charge is 2.49. The van der Waals surface area contributed by atoms with E-state index < -0.39 is 6.04 Å². The van der Waals surface area contributed by atoms with Gasteiger partial charge in [-0.3, -0.25) is 24.6 Å². The molecule has 6 aliphatic rings. The zero-order valence-corrected chi connectivity index (χ0v) is 34.7. The molecule has 1 saturated carbocycles. The average Bonchev–Trinajstić information content (AvgIpc) is 3.54. The standard InChI is InChI=1S/C46H57ClFN7O3/c1-31-6-8-36(26-38(31)47)55-30-46(27-32(55)2)14-16-53(17-15-46)41-10-7-33(24-39(41)48)44(58)54-18-12-45(13-19-54)28-37(29-45)52-22-20-51(21-23-52)35-5-3-4-34(25-35)49-40-9-11-42(56)50-43(40)57/h3-8,10,24-26,32,37,40,49H,9,11-23,27-30H2,1-2H3,(H,50,56,57)/t32-,40?/m0/s1. The summed E-state index contributed by atoms with van der Waals surface area (Å²) >= 11 is 6.48. The van der Waals surface area contributed by atoms with Crippen LogP contribution >= 0.6 is 11.6 Å². The summed E-state index contributed by atoms with van der Waals surface area (Å²) < 4.78 is 15.7. The van der Waals surface area contributed by atoms with Crippen molar-refractivity contribution in [1.29, 1.82) is 0 Å². The van der Waals surface area contributed by atoms with Gasteiger partial charge < -0.3 is 24.9 Å². The topological polar surface area (TPSA) is 91.5 Å². The van der Waals surface area contributed by atoms with Crippen LogP contribution in [0.1, 0.15) is 80.6 Å².